The van der Waals surface area contributed by atoms with Gasteiger partial charge in [0, 0.05) is 5.75 Å². The van der Waals surface area contributed by atoms with Gasteiger partial charge in [-0.3, -0.25) is 0 Å². The van der Waals surface area contributed by atoms with E-state index in [-0.39, 0.29) is 5.16 Å². The summed E-state index contributed by atoms with van der Waals surface area (Å²) in [6.07, 6.45) is -4.61. The Morgan fingerprint density at radius 2 is 1.90 bits per heavy atom. The predicted molar refractivity (Wildman–Crippen MR) is 67.8 cm³/mol. The second kappa shape index (κ2) is 6.04. The van der Waals surface area contributed by atoms with Crippen LogP contribution >= 0.6 is 11.8 Å². The van der Waals surface area contributed by atoms with E-state index in [9.17, 15) is 13.2 Å². The third kappa shape index (κ3) is 3.56. The van der Waals surface area contributed by atoms with Crippen molar-refractivity contribution >= 4 is 11.8 Å². The number of aromatic nitrogens is 3. The fraction of sp³-hybridized carbons (Fsp3) is 0.273. The SMILES string of the molecule is Nn1c(SCCOc2ccccc2)nnc1C(F)(F)F. The first kappa shape index (κ1) is 14.5. The molecule has 0 bridgehead atoms. The highest BCUT2D eigenvalue weighted by molar-refractivity contribution is 7.99. The molecule has 0 saturated heterocycles. The van der Waals surface area contributed by atoms with Crippen LogP contribution in [0, 0.1) is 0 Å². The molecular weight excluding hydrogens is 293 g/mol. The maximum atomic E-state index is 12.4. The van der Waals surface area contributed by atoms with Crippen molar-refractivity contribution in [2.75, 3.05) is 18.2 Å². The molecule has 1 aromatic heterocycles. The van der Waals surface area contributed by atoms with Gasteiger partial charge in [0.15, 0.2) is 0 Å². The van der Waals surface area contributed by atoms with Crippen LogP contribution in [-0.2, 0) is 6.18 Å². The number of nitrogen functional groups attached to an aromatic ring is 1. The number of alkyl halides is 3. The zero-order valence-corrected chi connectivity index (χ0v) is 11.0. The van der Waals surface area contributed by atoms with E-state index in [4.69, 9.17) is 10.6 Å². The molecule has 0 atom stereocenters. The molecule has 0 aliphatic carbocycles. The van der Waals surface area contributed by atoms with E-state index in [2.05, 4.69) is 10.2 Å². The molecule has 0 amide bonds. The number of benzene rings is 1. The van der Waals surface area contributed by atoms with Crippen LogP contribution in [0.5, 0.6) is 5.75 Å². The van der Waals surface area contributed by atoms with Crippen molar-refractivity contribution in [3.05, 3.63) is 36.2 Å². The zero-order valence-electron chi connectivity index (χ0n) is 10.2. The molecular formula is C11H11F3N4OS. The summed E-state index contributed by atoms with van der Waals surface area (Å²) in [5.41, 5.74) is 0. The topological polar surface area (TPSA) is 66.0 Å². The van der Waals surface area contributed by atoms with E-state index < -0.39 is 12.0 Å². The van der Waals surface area contributed by atoms with E-state index in [0.29, 0.717) is 22.8 Å². The van der Waals surface area contributed by atoms with Crippen LogP contribution in [-0.4, -0.2) is 27.2 Å². The first-order valence-corrected chi connectivity index (χ1v) is 6.55. The van der Waals surface area contributed by atoms with E-state index >= 15 is 0 Å². The molecule has 5 nitrogen and oxygen atoms in total. The predicted octanol–water partition coefficient (Wildman–Crippen LogP) is 2.18. The number of halogens is 3. The Kier molecular flexibility index (Phi) is 4.38. The fourth-order valence-electron chi connectivity index (χ4n) is 1.38. The smallest absolute Gasteiger partial charge is 0.453 e. The quantitative estimate of drug-likeness (QED) is 0.521. The highest BCUT2D eigenvalue weighted by Gasteiger charge is 2.38. The van der Waals surface area contributed by atoms with Crippen molar-refractivity contribution in [2.24, 2.45) is 0 Å². The van der Waals surface area contributed by atoms with Gasteiger partial charge in [-0.1, -0.05) is 30.0 Å². The van der Waals surface area contributed by atoms with Crippen molar-refractivity contribution in [3.63, 3.8) is 0 Å². The average molecular weight is 304 g/mol. The van der Waals surface area contributed by atoms with Crippen molar-refractivity contribution in [1.29, 1.82) is 0 Å². The molecule has 108 valence electrons. The van der Waals surface area contributed by atoms with Crippen LogP contribution in [0.3, 0.4) is 0 Å². The summed E-state index contributed by atoms with van der Waals surface area (Å²) >= 11 is 1.04. The normalized spacial score (nSPS) is 11.6. The van der Waals surface area contributed by atoms with Gasteiger partial charge in [-0.15, -0.1) is 10.2 Å². The molecule has 0 unspecified atom stereocenters. The number of hydrogen-bond acceptors (Lipinski definition) is 5. The van der Waals surface area contributed by atoms with Crippen molar-refractivity contribution in [2.45, 2.75) is 11.3 Å². The summed E-state index contributed by atoms with van der Waals surface area (Å²) in [6, 6.07) is 9.09. The Bertz CT molecular complexity index is 559. The molecule has 20 heavy (non-hydrogen) atoms. The van der Waals surface area contributed by atoms with Crippen LogP contribution in [0.1, 0.15) is 5.82 Å². The Hall–Kier alpha value is -1.90. The van der Waals surface area contributed by atoms with Gasteiger partial charge in [-0.2, -0.15) is 13.2 Å². The lowest BCUT2D eigenvalue weighted by Crippen LogP contribution is -2.21. The Labute approximate surface area is 116 Å². The molecule has 0 radical (unpaired) electrons. The van der Waals surface area contributed by atoms with Crippen LogP contribution in [0.4, 0.5) is 13.2 Å². The van der Waals surface area contributed by atoms with Crippen molar-refractivity contribution in [3.8, 4) is 5.75 Å². The maximum absolute atomic E-state index is 12.4. The molecule has 2 rings (SSSR count). The molecule has 1 heterocycles. The van der Waals surface area contributed by atoms with Crippen LogP contribution in [0.15, 0.2) is 35.5 Å². The third-order valence-corrected chi connectivity index (χ3v) is 3.15. The summed E-state index contributed by atoms with van der Waals surface area (Å²) in [5.74, 6) is 5.17. The minimum atomic E-state index is -4.61. The molecule has 0 aliphatic rings. The molecule has 0 aliphatic heterocycles. The number of ether oxygens (including phenoxy) is 1. The lowest BCUT2D eigenvalue weighted by atomic mass is 10.3. The highest BCUT2D eigenvalue weighted by atomic mass is 32.2. The van der Waals surface area contributed by atoms with Crippen LogP contribution < -0.4 is 10.6 Å². The highest BCUT2D eigenvalue weighted by Crippen LogP contribution is 2.28. The van der Waals surface area contributed by atoms with E-state index in [1.54, 1.807) is 12.1 Å². The third-order valence-electron chi connectivity index (χ3n) is 2.24. The van der Waals surface area contributed by atoms with Crippen molar-refractivity contribution in [1.82, 2.24) is 14.9 Å². The van der Waals surface area contributed by atoms with E-state index in [0.717, 1.165) is 11.8 Å². The number of nitrogens with two attached hydrogens (primary N) is 1. The summed E-state index contributed by atoms with van der Waals surface area (Å²) in [7, 11) is 0. The van der Waals surface area contributed by atoms with E-state index in [1.165, 1.54) is 0 Å². The number of hydrogen-bond donors (Lipinski definition) is 1. The number of rotatable bonds is 5. The number of thioether (sulfide) groups is 1. The van der Waals surface area contributed by atoms with E-state index in [1.807, 2.05) is 18.2 Å². The molecule has 0 spiro atoms. The summed E-state index contributed by atoms with van der Waals surface area (Å²) in [4.78, 5) is 0. The monoisotopic (exact) mass is 304 g/mol. The van der Waals surface area contributed by atoms with Gasteiger partial charge in [0.05, 0.1) is 6.61 Å². The lowest BCUT2D eigenvalue weighted by Gasteiger charge is -2.07. The Morgan fingerprint density at radius 1 is 1.20 bits per heavy atom. The maximum Gasteiger partial charge on any atom is 0.453 e. The van der Waals surface area contributed by atoms with Crippen LogP contribution in [0.25, 0.3) is 0 Å². The van der Waals surface area contributed by atoms with Gasteiger partial charge in [0.1, 0.15) is 5.75 Å². The van der Waals surface area contributed by atoms with Gasteiger partial charge >= 0.3 is 6.18 Å². The molecule has 1 aromatic carbocycles. The van der Waals surface area contributed by atoms with Gasteiger partial charge in [-0.25, -0.2) is 4.68 Å². The molecule has 9 heteroatoms. The van der Waals surface area contributed by atoms with Gasteiger partial charge in [-0.05, 0) is 12.1 Å². The molecule has 0 fully saturated rings. The first-order chi connectivity index (χ1) is 9.48. The van der Waals surface area contributed by atoms with Gasteiger partial charge < -0.3 is 10.6 Å². The lowest BCUT2D eigenvalue weighted by molar-refractivity contribution is -0.146. The Balaban J connectivity index is 1.85. The average Bonchev–Trinajstić information content (AvgIpc) is 2.77. The first-order valence-electron chi connectivity index (χ1n) is 5.57. The second-order valence-corrected chi connectivity index (χ2v) is 4.75. The Morgan fingerprint density at radius 3 is 2.50 bits per heavy atom. The number of nitrogens with zero attached hydrogens (tertiary/aromatic N) is 3. The molecule has 0 saturated carbocycles. The summed E-state index contributed by atoms with van der Waals surface area (Å²) < 4.78 is 43.1. The minimum Gasteiger partial charge on any atom is -0.493 e. The van der Waals surface area contributed by atoms with Crippen LogP contribution in [0.2, 0.25) is 0 Å². The zero-order chi connectivity index (χ0) is 14.6. The summed E-state index contributed by atoms with van der Waals surface area (Å²) in [6.45, 7) is 0.322. The molecule has 2 aromatic rings. The second-order valence-electron chi connectivity index (χ2n) is 3.68. The standard InChI is InChI=1S/C11H11F3N4OS/c12-11(13,14)9-16-17-10(18(9)15)20-7-6-19-8-4-2-1-3-5-8/h1-5H,6-7,15H2. The van der Waals surface area contributed by atoms with Gasteiger partial charge in [0.25, 0.3) is 5.82 Å². The van der Waals surface area contributed by atoms with Gasteiger partial charge in [0.2, 0.25) is 5.16 Å². The number of para-hydroxylation sites is 1. The summed E-state index contributed by atoms with van der Waals surface area (Å²) in [5, 5.41) is 6.42. The largest absolute Gasteiger partial charge is 0.493 e. The molecule has 2 N–H and O–H groups in total. The van der Waals surface area contributed by atoms with Crippen molar-refractivity contribution < 1.29 is 17.9 Å². The fourth-order valence-corrected chi connectivity index (χ4v) is 2.05. The minimum absolute atomic E-state index is 0.00557.